The molecule has 7 nitrogen and oxygen atoms in total. The number of benzene rings is 1. The summed E-state index contributed by atoms with van der Waals surface area (Å²) in [6.45, 7) is 1.93. The van der Waals surface area contributed by atoms with E-state index in [0.717, 1.165) is 24.0 Å². The van der Waals surface area contributed by atoms with Crippen molar-refractivity contribution >= 4 is 21.3 Å². The van der Waals surface area contributed by atoms with Crippen molar-refractivity contribution < 1.29 is 8.42 Å². The van der Waals surface area contributed by atoms with Gasteiger partial charge < -0.3 is 5.73 Å². The van der Waals surface area contributed by atoms with Crippen LogP contribution in [0, 0.1) is 12.8 Å². The molecule has 24 heavy (non-hydrogen) atoms. The average Bonchev–Trinajstić information content (AvgIpc) is 3.23. The van der Waals surface area contributed by atoms with Gasteiger partial charge in [0.2, 0.25) is 0 Å². The molecule has 1 aliphatic rings. The number of nitrogens with zero attached hydrogens (tertiary/aromatic N) is 4. The molecule has 1 saturated carbocycles. The number of imidazole rings is 1. The molecule has 2 N–H and O–H groups in total. The van der Waals surface area contributed by atoms with E-state index >= 15 is 0 Å². The third-order valence-electron chi connectivity index (χ3n) is 4.33. The maximum absolute atomic E-state index is 12.6. The van der Waals surface area contributed by atoms with E-state index in [-0.39, 0.29) is 11.6 Å². The predicted octanol–water partition coefficient (Wildman–Crippen LogP) is 1.87. The number of rotatable bonds is 4. The third-order valence-corrected chi connectivity index (χ3v) is 6.21. The monoisotopic (exact) mass is 343 g/mol. The maximum atomic E-state index is 12.6. The molecule has 2 heterocycles. The number of fused-ring (bicyclic) bond motifs is 1. The number of hydrogen-bond donors (Lipinski definition) is 1. The summed E-state index contributed by atoms with van der Waals surface area (Å²) in [4.78, 5) is 8.51. The molecule has 1 aromatic carbocycles. The molecule has 0 radical (unpaired) electrons. The van der Waals surface area contributed by atoms with Crippen molar-refractivity contribution in [3.63, 3.8) is 0 Å². The Balaban J connectivity index is 1.85. The molecule has 124 valence electrons. The van der Waals surface area contributed by atoms with E-state index < -0.39 is 9.84 Å². The van der Waals surface area contributed by atoms with E-state index in [1.165, 1.54) is 6.33 Å². The van der Waals surface area contributed by atoms with Gasteiger partial charge in [0.1, 0.15) is 6.33 Å². The molecule has 4 rings (SSSR count). The van der Waals surface area contributed by atoms with E-state index in [9.17, 15) is 8.42 Å². The van der Waals surface area contributed by atoms with Crippen molar-refractivity contribution in [3.8, 4) is 11.3 Å². The second-order valence-electron chi connectivity index (χ2n) is 6.23. The van der Waals surface area contributed by atoms with Crippen molar-refractivity contribution in [3.05, 3.63) is 36.3 Å². The van der Waals surface area contributed by atoms with Gasteiger partial charge in [0.05, 0.1) is 22.5 Å². The molecule has 1 aliphatic carbocycles. The Morgan fingerprint density at radius 1 is 1.29 bits per heavy atom. The average molecular weight is 343 g/mol. The summed E-state index contributed by atoms with van der Waals surface area (Å²) in [7, 11) is -3.28. The predicted molar refractivity (Wildman–Crippen MR) is 90.1 cm³/mol. The first-order valence-corrected chi connectivity index (χ1v) is 9.39. The quantitative estimate of drug-likeness (QED) is 0.775. The Morgan fingerprint density at radius 2 is 2.08 bits per heavy atom. The van der Waals surface area contributed by atoms with Gasteiger partial charge in [-0.1, -0.05) is 6.07 Å². The van der Waals surface area contributed by atoms with Crippen molar-refractivity contribution in [1.29, 1.82) is 0 Å². The highest BCUT2D eigenvalue weighted by molar-refractivity contribution is 7.91. The highest BCUT2D eigenvalue weighted by Crippen LogP contribution is 2.34. The van der Waals surface area contributed by atoms with Gasteiger partial charge in [0, 0.05) is 5.56 Å². The van der Waals surface area contributed by atoms with Crippen LogP contribution in [-0.2, 0) is 9.84 Å². The first kappa shape index (κ1) is 15.1. The molecular weight excluding hydrogens is 326 g/mol. The van der Waals surface area contributed by atoms with Crippen LogP contribution in [0.15, 0.2) is 35.6 Å². The lowest BCUT2D eigenvalue weighted by Gasteiger charge is -2.09. The van der Waals surface area contributed by atoms with Crippen LogP contribution in [0.1, 0.15) is 18.4 Å². The van der Waals surface area contributed by atoms with Crippen molar-refractivity contribution in [2.45, 2.75) is 24.7 Å². The molecule has 0 unspecified atom stereocenters. The number of anilines is 1. The minimum Gasteiger partial charge on any atom is -0.381 e. The first-order chi connectivity index (χ1) is 11.5. The lowest BCUT2D eigenvalue weighted by molar-refractivity contribution is 0.592. The fourth-order valence-corrected chi connectivity index (χ4v) is 4.50. The standard InChI is InChI=1S/C16H17N5O2S/c1-10-2-5-12(24(22,23)8-11-3-4-11)6-13(10)14-7-18-16-15(17)19-9-20-21(14)16/h2,5-7,9,11H,3-4,8H2,1H3,(H2,17,19,20). The number of hydrogen-bond acceptors (Lipinski definition) is 6. The summed E-state index contributed by atoms with van der Waals surface area (Å²) >= 11 is 0. The lowest BCUT2D eigenvalue weighted by Crippen LogP contribution is -2.09. The molecule has 8 heteroatoms. The Hall–Kier alpha value is -2.48. The van der Waals surface area contributed by atoms with Crippen LogP contribution in [0.4, 0.5) is 5.82 Å². The van der Waals surface area contributed by atoms with Crippen LogP contribution >= 0.6 is 0 Å². The zero-order valence-corrected chi connectivity index (χ0v) is 14.0. The van der Waals surface area contributed by atoms with Gasteiger partial charge in [0.25, 0.3) is 0 Å². The highest BCUT2D eigenvalue weighted by Gasteiger charge is 2.29. The Morgan fingerprint density at radius 3 is 2.83 bits per heavy atom. The van der Waals surface area contributed by atoms with Crippen LogP contribution in [0.5, 0.6) is 0 Å². The Kier molecular flexibility index (Phi) is 3.31. The molecule has 0 aliphatic heterocycles. The van der Waals surface area contributed by atoms with Gasteiger partial charge >= 0.3 is 0 Å². The molecule has 3 aromatic rings. The molecular formula is C16H17N5O2S. The van der Waals surface area contributed by atoms with Gasteiger partial charge in [-0.15, -0.1) is 0 Å². The highest BCUT2D eigenvalue weighted by atomic mass is 32.2. The topological polar surface area (TPSA) is 103 Å². The summed E-state index contributed by atoms with van der Waals surface area (Å²) in [5.74, 6) is 0.812. The fourth-order valence-electron chi connectivity index (χ4n) is 2.78. The van der Waals surface area contributed by atoms with Crippen LogP contribution in [0.3, 0.4) is 0 Å². The number of nitrogen functional groups attached to an aromatic ring is 1. The minimum absolute atomic E-state index is 0.220. The molecule has 0 spiro atoms. The molecule has 0 bridgehead atoms. The second-order valence-corrected chi connectivity index (χ2v) is 8.26. The normalized spacial score (nSPS) is 15.0. The zero-order chi connectivity index (χ0) is 16.9. The number of aromatic nitrogens is 4. The molecule has 0 amide bonds. The van der Waals surface area contributed by atoms with Gasteiger partial charge in [-0.05, 0) is 43.4 Å². The van der Waals surface area contributed by atoms with Gasteiger partial charge in [-0.3, -0.25) is 0 Å². The van der Waals surface area contributed by atoms with Crippen LogP contribution in [0.2, 0.25) is 0 Å². The van der Waals surface area contributed by atoms with Crippen LogP contribution in [0.25, 0.3) is 16.9 Å². The summed E-state index contributed by atoms with van der Waals surface area (Å²) in [6, 6.07) is 5.19. The Labute approximate surface area is 139 Å². The number of nitrogens with two attached hydrogens (primary N) is 1. The van der Waals surface area contributed by atoms with Crippen molar-refractivity contribution in [1.82, 2.24) is 19.6 Å². The van der Waals surface area contributed by atoms with Gasteiger partial charge in [-0.25, -0.2) is 22.9 Å². The largest absolute Gasteiger partial charge is 0.381 e. The van der Waals surface area contributed by atoms with E-state index in [1.54, 1.807) is 22.8 Å². The van der Waals surface area contributed by atoms with Crippen LogP contribution < -0.4 is 5.73 Å². The molecule has 1 fully saturated rings. The Bertz CT molecular complexity index is 1040. The summed E-state index contributed by atoms with van der Waals surface area (Å²) in [5.41, 5.74) is 8.69. The molecule has 0 saturated heterocycles. The van der Waals surface area contributed by atoms with E-state index in [2.05, 4.69) is 15.1 Å². The first-order valence-electron chi connectivity index (χ1n) is 7.74. The fraction of sp³-hybridized carbons (Fsp3) is 0.312. The number of sulfone groups is 1. The maximum Gasteiger partial charge on any atom is 0.197 e. The zero-order valence-electron chi connectivity index (χ0n) is 13.2. The van der Waals surface area contributed by atoms with E-state index in [4.69, 9.17) is 5.73 Å². The summed E-state index contributed by atoms with van der Waals surface area (Å²) in [6.07, 6.45) is 5.00. The molecule has 0 atom stereocenters. The summed E-state index contributed by atoms with van der Waals surface area (Å²) in [5, 5.41) is 4.18. The lowest BCUT2D eigenvalue weighted by atomic mass is 10.1. The van der Waals surface area contributed by atoms with Crippen molar-refractivity contribution in [2.75, 3.05) is 11.5 Å². The van der Waals surface area contributed by atoms with Crippen molar-refractivity contribution in [2.24, 2.45) is 5.92 Å². The SMILES string of the molecule is Cc1ccc(S(=O)(=O)CC2CC2)cc1-c1cnc2c(N)ncnn12. The minimum atomic E-state index is -3.28. The van der Waals surface area contributed by atoms with Gasteiger partial charge in [0.15, 0.2) is 21.3 Å². The van der Waals surface area contributed by atoms with E-state index in [1.807, 2.05) is 13.0 Å². The summed E-state index contributed by atoms with van der Waals surface area (Å²) < 4.78 is 26.7. The third kappa shape index (κ3) is 2.52. The smallest absolute Gasteiger partial charge is 0.197 e. The van der Waals surface area contributed by atoms with Crippen LogP contribution in [-0.4, -0.2) is 33.8 Å². The second kappa shape index (κ2) is 5.27. The van der Waals surface area contributed by atoms with E-state index in [0.29, 0.717) is 22.2 Å². The van der Waals surface area contributed by atoms with Gasteiger partial charge in [-0.2, -0.15) is 5.10 Å². The molecule has 2 aromatic heterocycles. The number of aryl methyl sites for hydroxylation is 1.